The standard InChI is InChI=1S/C66H76N10O11S3/c1-42-38-75(90(86,87)59-20-11-10-19-58(59)89(84,85)57-21-14-17-51-50(57)33-32-49(42)63(51)74(2)3)40-55(78)54(36-44-26-30-48(77)31-27-44)76-39-47(72-73-76)37-68-65(82)52(35-43-24-28-46(29-25-43)64(81)45-15-6-4-7-16-45)69-61(80)23-8-5-13-34-67-60(79)22-12-9-18-56-62-53(41-88-56)70-66(83)71-62/h4,6-7,10-11,14-17,19-21,24-33,39,42,52-56,62,77-78H,5,8-9,12-13,18,22-23,34-38,40-41H2,1-3H3,(H,67,79)(H,68,82)(H,69,80)(H2,70,71,83)/t42?,52-,53-,54-,55?,56-,62-/m0/s1. The quantitative estimate of drug-likeness (QED) is 0.0164. The number of sulfonamides is 1. The van der Waals surface area contributed by atoms with Crippen LogP contribution in [0.25, 0.3) is 10.8 Å². The van der Waals surface area contributed by atoms with Gasteiger partial charge in [-0.3, -0.25) is 19.2 Å². The Morgan fingerprint density at radius 3 is 2.17 bits per heavy atom. The van der Waals surface area contributed by atoms with Crippen molar-refractivity contribution in [2.75, 3.05) is 44.4 Å². The number of carbonyl (C=O) groups excluding carboxylic acids is 5. The van der Waals surface area contributed by atoms with Gasteiger partial charge in [-0.15, -0.1) is 5.10 Å². The van der Waals surface area contributed by atoms with Crippen molar-refractivity contribution in [3.8, 4) is 5.75 Å². The molecule has 6 aromatic carbocycles. The molecule has 24 heteroatoms. The molecular formula is C66H76N10O11S3. The normalized spacial score (nSPS) is 19.3. The number of phenolic OH excluding ortho intramolecular Hbond substituents is 1. The molecule has 7 N–H and O–H groups in total. The second-order valence-corrected chi connectivity index (χ2v) is 28.6. The van der Waals surface area contributed by atoms with Crippen molar-refractivity contribution in [3.05, 3.63) is 173 Å². The average molecular weight is 1280 g/mol. The van der Waals surface area contributed by atoms with Crippen molar-refractivity contribution >= 4 is 77.6 Å². The van der Waals surface area contributed by atoms with Gasteiger partial charge in [-0.25, -0.2) is 26.3 Å². The predicted octanol–water partition coefficient (Wildman–Crippen LogP) is 6.97. The van der Waals surface area contributed by atoms with Gasteiger partial charge in [0.1, 0.15) is 22.4 Å². The van der Waals surface area contributed by atoms with E-state index in [-0.39, 0.29) is 84.4 Å². The number of carbonyl (C=O) groups is 5. The minimum absolute atomic E-state index is 0.00246. The molecule has 5 amide bonds. The van der Waals surface area contributed by atoms with E-state index in [1.54, 1.807) is 72.8 Å². The van der Waals surface area contributed by atoms with Crippen LogP contribution in [0.3, 0.4) is 0 Å². The smallest absolute Gasteiger partial charge is 0.315 e. The number of nitrogens with zero attached hydrogens (tertiary/aromatic N) is 5. The van der Waals surface area contributed by atoms with Crippen molar-refractivity contribution in [1.82, 2.24) is 45.9 Å². The lowest BCUT2D eigenvalue weighted by Crippen LogP contribution is -2.47. The number of amides is 5. The van der Waals surface area contributed by atoms with Crippen molar-refractivity contribution in [3.63, 3.8) is 0 Å². The van der Waals surface area contributed by atoms with Crippen LogP contribution in [0, 0.1) is 0 Å². The van der Waals surface area contributed by atoms with Gasteiger partial charge in [-0.1, -0.05) is 128 Å². The maximum absolute atomic E-state index is 15.2. The van der Waals surface area contributed by atoms with Gasteiger partial charge in [0.2, 0.25) is 37.6 Å². The predicted molar refractivity (Wildman–Crippen MR) is 343 cm³/mol. The van der Waals surface area contributed by atoms with Gasteiger partial charge >= 0.3 is 6.03 Å². The van der Waals surface area contributed by atoms with Gasteiger partial charge in [0, 0.05) is 91.6 Å². The van der Waals surface area contributed by atoms with Crippen LogP contribution in [-0.2, 0) is 53.6 Å². The molecule has 1 aromatic heterocycles. The van der Waals surface area contributed by atoms with E-state index in [0.717, 1.165) is 40.6 Å². The highest BCUT2D eigenvalue weighted by atomic mass is 32.2. The molecule has 2 fully saturated rings. The first-order valence-corrected chi connectivity index (χ1v) is 34.4. The van der Waals surface area contributed by atoms with Crippen LogP contribution >= 0.6 is 11.8 Å². The molecule has 2 saturated heterocycles. The Balaban J connectivity index is 0.820. The van der Waals surface area contributed by atoms with E-state index >= 15 is 8.42 Å². The fraction of sp³-hybridized carbons (Fsp3) is 0.379. The van der Waals surface area contributed by atoms with Crippen molar-refractivity contribution < 1.29 is 51.0 Å². The average Bonchev–Trinajstić information content (AvgIpc) is 0.939. The Bertz CT molecular complexity index is 3960. The molecule has 5 heterocycles. The highest BCUT2D eigenvalue weighted by Gasteiger charge is 2.43. The number of urea groups is 1. The molecule has 11 rings (SSSR count). The molecule has 90 heavy (non-hydrogen) atoms. The Labute approximate surface area is 528 Å². The van der Waals surface area contributed by atoms with Crippen LogP contribution in [0.1, 0.15) is 109 Å². The second-order valence-electron chi connectivity index (χ2n) is 23.6. The van der Waals surface area contributed by atoms with Crippen molar-refractivity contribution in [1.29, 1.82) is 0 Å². The summed E-state index contributed by atoms with van der Waals surface area (Å²) in [7, 11) is -5.48. The summed E-state index contributed by atoms with van der Waals surface area (Å²) in [5.74, 6) is -0.696. The van der Waals surface area contributed by atoms with E-state index in [4.69, 9.17) is 0 Å². The summed E-state index contributed by atoms with van der Waals surface area (Å²) in [4.78, 5) is 66.5. The number of unbranched alkanes of at least 4 members (excludes halogenated alkanes) is 3. The molecule has 4 aliphatic heterocycles. The summed E-state index contributed by atoms with van der Waals surface area (Å²) in [6.45, 7) is 1.48. The first-order chi connectivity index (χ1) is 43.2. The molecule has 0 aliphatic carbocycles. The summed E-state index contributed by atoms with van der Waals surface area (Å²) >= 11 is 1.85. The zero-order valence-electron chi connectivity index (χ0n) is 50.5. The van der Waals surface area contributed by atoms with Crippen LogP contribution in [-0.4, -0.2) is 145 Å². The molecule has 0 radical (unpaired) electrons. The van der Waals surface area contributed by atoms with Crippen LogP contribution in [0.15, 0.2) is 154 Å². The first-order valence-electron chi connectivity index (χ1n) is 30.4. The Kier molecular flexibility index (Phi) is 20.7. The number of hydrogen-bond acceptors (Lipinski definition) is 15. The van der Waals surface area contributed by atoms with Gasteiger partial charge < -0.3 is 41.7 Å². The van der Waals surface area contributed by atoms with Crippen LogP contribution in [0.4, 0.5) is 10.5 Å². The maximum Gasteiger partial charge on any atom is 0.315 e. The summed E-state index contributed by atoms with van der Waals surface area (Å²) in [5.41, 5.74) is 4.03. The van der Waals surface area contributed by atoms with Gasteiger partial charge in [0.05, 0.1) is 46.8 Å². The van der Waals surface area contributed by atoms with Crippen molar-refractivity contribution in [2.45, 2.75) is 134 Å². The number of ketones is 1. The third-order valence-corrected chi connectivity index (χ3v) is 22.3. The zero-order valence-corrected chi connectivity index (χ0v) is 52.9. The minimum Gasteiger partial charge on any atom is -0.508 e. The van der Waals surface area contributed by atoms with Crippen LogP contribution in [0.5, 0.6) is 5.75 Å². The number of aliphatic hydroxyl groups is 1. The molecule has 21 nitrogen and oxygen atoms in total. The number of phenols is 1. The molecule has 0 saturated carbocycles. The third kappa shape index (κ3) is 15.2. The van der Waals surface area contributed by atoms with E-state index in [1.165, 1.54) is 53.3 Å². The monoisotopic (exact) mass is 1280 g/mol. The summed E-state index contributed by atoms with van der Waals surface area (Å²) in [5, 5.41) is 47.7. The van der Waals surface area contributed by atoms with Gasteiger partial charge in [-0.2, -0.15) is 16.1 Å². The number of aliphatic hydroxyl groups excluding tert-OH is 1. The maximum atomic E-state index is 15.2. The number of aromatic nitrogens is 3. The van der Waals surface area contributed by atoms with Crippen LogP contribution < -0.4 is 31.5 Å². The number of aromatic hydroxyl groups is 1. The second kappa shape index (κ2) is 28.8. The molecule has 2 unspecified atom stereocenters. The number of fused-ring (bicyclic) bond motifs is 5. The van der Waals surface area contributed by atoms with E-state index < -0.39 is 66.2 Å². The lowest BCUT2D eigenvalue weighted by atomic mass is 9.94. The number of sulfone groups is 1. The molecule has 474 valence electrons. The Hall–Kier alpha value is -8.16. The first kappa shape index (κ1) is 64.8. The van der Waals surface area contributed by atoms with Gasteiger partial charge in [0.25, 0.3) is 0 Å². The van der Waals surface area contributed by atoms with Gasteiger partial charge in [-0.05, 0) is 85.0 Å². The largest absolute Gasteiger partial charge is 0.508 e. The lowest BCUT2D eigenvalue weighted by molar-refractivity contribution is -0.129. The molecule has 4 bridgehead atoms. The molecular weight excluding hydrogens is 1200 g/mol. The summed E-state index contributed by atoms with van der Waals surface area (Å²) in [6.07, 6.45) is 5.01. The van der Waals surface area contributed by atoms with E-state index in [2.05, 4.69) is 36.9 Å². The number of nitrogens with one attached hydrogen (secondary N) is 5. The number of rotatable bonds is 26. The fourth-order valence-electron chi connectivity index (χ4n) is 12.2. The van der Waals surface area contributed by atoms with Gasteiger partial charge in [0.15, 0.2) is 5.78 Å². The minimum atomic E-state index is -4.70. The topological polar surface area (TPSA) is 291 Å². The third-order valence-electron chi connectivity index (χ3n) is 16.9. The SMILES string of the molecule is CC1CN(CC(O)[C@H](Cc2ccc(O)cc2)n2cc(CNC(=O)[C@H](Cc3ccc(C(=O)c4ccccc4)cc3)NC(=O)CCCCCNC(=O)CCCC[C@@H]3SC[C@@H]4NC(=O)N[C@@H]43)nn2)S(=O)(=O)c2ccccc2S(=O)(=O)c2cccc3c(N(C)C)c1ccc23. The highest BCUT2D eigenvalue weighted by Crippen LogP contribution is 2.42. The highest BCUT2D eigenvalue weighted by molar-refractivity contribution is 8.00. The Morgan fingerprint density at radius 1 is 0.733 bits per heavy atom. The fourth-order valence-corrected chi connectivity index (χ4v) is 17.5. The number of thioether (sulfide) groups is 1. The number of benzene rings is 6. The Morgan fingerprint density at radius 2 is 1.41 bits per heavy atom. The molecule has 0 spiro atoms. The molecule has 7 aromatic rings. The van der Waals surface area contributed by atoms with E-state index in [9.17, 15) is 42.6 Å². The lowest BCUT2D eigenvalue weighted by Gasteiger charge is -2.33. The van der Waals surface area contributed by atoms with E-state index in [0.29, 0.717) is 70.5 Å². The van der Waals surface area contributed by atoms with E-state index in [1.807, 2.05) is 55.9 Å². The molecule has 7 atom stereocenters. The number of hydrogen-bond donors (Lipinski definition) is 7. The summed E-state index contributed by atoms with van der Waals surface area (Å²) < 4.78 is 62.5. The number of anilines is 1. The molecule has 4 aliphatic rings. The van der Waals surface area contributed by atoms with Crippen LogP contribution in [0.2, 0.25) is 0 Å². The summed E-state index contributed by atoms with van der Waals surface area (Å²) in [6, 6.07) is 34.1. The van der Waals surface area contributed by atoms with Crippen molar-refractivity contribution in [2.24, 2.45) is 0 Å². The zero-order chi connectivity index (χ0) is 63.7.